The fraction of sp³-hybridized carbons (Fsp3) is 0.0909. The number of benzene rings is 1. The Labute approximate surface area is 101 Å². The third-order valence-electron chi connectivity index (χ3n) is 1.85. The minimum Gasteiger partial charge on any atom is -0.504 e. The summed E-state index contributed by atoms with van der Waals surface area (Å²) in [6, 6.07) is 3.81. The molecule has 0 amide bonds. The number of carbonyl (C=O) groups is 2. The van der Waals surface area contributed by atoms with Crippen molar-refractivity contribution in [2.24, 2.45) is 0 Å². The van der Waals surface area contributed by atoms with Crippen LogP contribution in [0.15, 0.2) is 24.3 Å². The lowest BCUT2D eigenvalue weighted by Crippen LogP contribution is -2.25. The Morgan fingerprint density at radius 1 is 1.22 bits per heavy atom. The van der Waals surface area contributed by atoms with Gasteiger partial charge >= 0.3 is 11.9 Å². The first kappa shape index (κ1) is 13.5. The Kier molecular flexibility index (Phi) is 4.27. The minimum atomic E-state index is -2.23. The van der Waals surface area contributed by atoms with Crippen LogP contribution in [0.1, 0.15) is 5.56 Å². The third-order valence-corrected chi connectivity index (χ3v) is 1.85. The molecule has 0 saturated carbocycles. The zero-order valence-corrected chi connectivity index (χ0v) is 8.98. The van der Waals surface area contributed by atoms with Gasteiger partial charge in [-0.1, -0.05) is 6.07 Å². The van der Waals surface area contributed by atoms with Crippen LogP contribution in [-0.2, 0) is 14.3 Å². The molecule has 0 aliphatic rings. The summed E-state index contributed by atoms with van der Waals surface area (Å²) in [5.74, 6) is -3.41. The number of phenols is 2. The van der Waals surface area contributed by atoms with Gasteiger partial charge in [0.2, 0.25) is 0 Å². The van der Waals surface area contributed by atoms with Gasteiger partial charge in [0.05, 0.1) is 0 Å². The summed E-state index contributed by atoms with van der Waals surface area (Å²) in [4.78, 5) is 21.2. The Balaban J connectivity index is 2.66. The van der Waals surface area contributed by atoms with E-state index in [2.05, 4.69) is 4.74 Å². The molecule has 0 heterocycles. The fourth-order valence-electron chi connectivity index (χ4n) is 1.01. The Bertz CT molecular complexity index is 492. The fourth-order valence-corrected chi connectivity index (χ4v) is 1.01. The first-order valence-electron chi connectivity index (χ1n) is 4.71. The number of carboxylic acid groups (broad SMARTS) is 1. The Morgan fingerprint density at radius 3 is 2.44 bits per heavy atom. The third kappa shape index (κ3) is 3.80. The predicted octanol–water partition coefficient (Wildman–Crippen LogP) is 0.0572. The van der Waals surface area contributed by atoms with Gasteiger partial charge in [0.25, 0.3) is 6.29 Å². The van der Waals surface area contributed by atoms with Crippen LogP contribution in [0.3, 0.4) is 0 Å². The molecule has 0 aliphatic carbocycles. The molecular formula is C11H10O7. The van der Waals surface area contributed by atoms with Crippen LogP contribution in [0.25, 0.3) is 6.08 Å². The van der Waals surface area contributed by atoms with Crippen molar-refractivity contribution in [2.75, 3.05) is 0 Å². The highest BCUT2D eigenvalue weighted by Crippen LogP contribution is 2.25. The maximum absolute atomic E-state index is 11.0. The number of ether oxygens (including phenoxy) is 1. The largest absolute Gasteiger partial charge is 0.504 e. The molecule has 7 heteroatoms. The van der Waals surface area contributed by atoms with Gasteiger partial charge in [0.15, 0.2) is 11.5 Å². The van der Waals surface area contributed by atoms with E-state index in [0.717, 1.165) is 6.08 Å². The summed E-state index contributed by atoms with van der Waals surface area (Å²) >= 11 is 0. The van der Waals surface area contributed by atoms with Gasteiger partial charge in [0.1, 0.15) is 0 Å². The van der Waals surface area contributed by atoms with E-state index in [1.54, 1.807) is 0 Å². The van der Waals surface area contributed by atoms with E-state index in [9.17, 15) is 9.59 Å². The normalized spacial score (nSPS) is 12.3. The molecule has 7 nitrogen and oxygen atoms in total. The highest BCUT2D eigenvalue weighted by atomic mass is 16.7. The van der Waals surface area contributed by atoms with E-state index in [1.807, 2.05) is 0 Å². The lowest BCUT2D eigenvalue weighted by Gasteiger charge is -2.04. The highest BCUT2D eigenvalue weighted by Gasteiger charge is 2.16. The molecule has 1 rings (SSSR count). The predicted molar refractivity (Wildman–Crippen MR) is 58.5 cm³/mol. The van der Waals surface area contributed by atoms with E-state index in [-0.39, 0.29) is 11.5 Å². The Morgan fingerprint density at radius 2 is 1.89 bits per heavy atom. The molecule has 0 radical (unpaired) electrons. The number of aliphatic hydroxyl groups is 1. The molecule has 1 atom stereocenters. The van der Waals surface area contributed by atoms with E-state index in [0.29, 0.717) is 5.56 Å². The van der Waals surface area contributed by atoms with Crippen molar-refractivity contribution < 1.29 is 34.8 Å². The number of aliphatic carboxylic acids is 1. The number of rotatable bonds is 4. The molecule has 96 valence electrons. The lowest BCUT2D eigenvalue weighted by molar-refractivity contribution is -0.183. The summed E-state index contributed by atoms with van der Waals surface area (Å²) in [5, 5.41) is 35.2. The molecule has 1 unspecified atom stereocenters. The van der Waals surface area contributed by atoms with Crippen LogP contribution in [0, 0.1) is 0 Å². The number of hydrogen-bond acceptors (Lipinski definition) is 6. The SMILES string of the molecule is O=C(C=Cc1ccc(O)c(O)c1)OC(O)C(=O)O. The van der Waals surface area contributed by atoms with Gasteiger partial charge in [-0.25, -0.2) is 9.59 Å². The molecule has 0 fully saturated rings. The van der Waals surface area contributed by atoms with Crippen LogP contribution >= 0.6 is 0 Å². The highest BCUT2D eigenvalue weighted by molar-refractivity contribution is 5.88. The average molecular weight is 254 g/mol. The summed E-state index contributed by atoms with van der Waals surface area (Å²) in [7, 11) is 0. The van der Waals surface area contributed by atoms with Crippen molar-refractivity contribution in [3.63, 3.8) is 0 Å². The van der Waals surface area contributed by atoms with Crippen molar-refractivity contribution in [1.82, 2.24) is 0 Å². The maximum atomic E-state index is 11.0. The summed E-state index contributed by atoms with van der Waals surface area (Å²) in [6.07, 6.45) is -0.135. The summed E-state index contributed by atoms with van der Waals surface area (Å²) in [6.45, 7) is 0. The second kappa shape index (κ2) is 5.69. The van der Waals surface area contributed by atoms with Crippen LogP contribution < -0.4 is 0 Å². The summed E-state index contributed by atoms with van der Waals surface area (Å²) < 4.78 is 4.11. The van der Waals surface area contributed by atoms with E-state index in [4.69, 9.17) is 20.4 Å². The number of phenolic OH excluding ortho intramolecular Hbond substituents is 2. The van der Waals surface area contributed by atoms with E-state index >= 15 is 0 Å². The van der Waals surface area contributed by atoms with Gasteiger partial charge in [-0.2, -0.15) is 0 Å². The number of carbonyl (C=O) groups excluding carboxylic acids is 1. The molecule has 0 aliphatic heterocycles. The van der Waals surface area contributed by atoms with Crippen molar-refractivity contribution in [3.05, 3.63) is 29.8 Å². The zero-order chi connectivity index (χ0) is 13.7. The molecule has 1 aromatic carbocycles. The van der Waals surface area contributed by atoms with Crippen molar-refractivity contribution in [2.45, 2.75) is 6.29 Å². The van der Waals surface area contributed by atoms with Crippen molar-refractivity contribution >= 4 is 18.0 Å². The monoisotopic (exact) mass is 254 g/mol. The lowest BCUT2D eigenvalue weighted by atomic mass is 10.2. The molecule has 4 N–H and O–H groups in total. The molecule has 0 spiro atoms. The van der Waals surface area contributed by atoms with Gasteiger partial charge in [0, 0.05) is 6.08 Å². The number of aliphatic hydroxyl groups excluding tert-OH is 1. The maximum Gasteiger partial charge on any atom is 0.373 e. The average Bonchev–Trinajstić information content (AvgIpc) is 2.30. The molecular weight excluding hydrogens is 244 g/mol. The van der Waals surface area contributed by atoms with Gasteiger partial charge in [-0.05, 0) is 23.8 Å². The standard InChI is InChI=1S/C11H10O7/c12-7-3-1-6(5-8(7)13)2-4-9(14)18-11(17)10(15)16/h1-5,11-13,17H,(H,15,16). The minimum absolute atomic E-state index is 0.309. The van der Waals surface area contributed by atoms with E-state index < -0.39 is 18.2 Å². The van der Waals surface area contributed by atoms with Crippen LogP contribution in [0.4, 0.5) is 0 Å². The smallest absolute Gasteiger partial charge is 0.373 e. The van der Waals surface area contributed by atoms with Gasteiger partial charge in [-0.15, -0.1) is 0 Å². The second-order valence-electron chi connectivity index (χ2n) is 3.21. The van der Waals surface area contributed by atoms with Crippen molar-refractivity contribution in [3.8, 4) is 11.5 Å². The topological polar surface area (TPSA) is 124 Å². The van der Waals surface area contributed by atoms with E-state index in [1.165, 1.54) is 24.3 Å². The van der Waals surface area contributed by atoms with Crippen LogP contribution in [-0.4, -0.2) is 38.7 Å². The first-order valence-corrected chi connectivity index (χ1v) is 4.71. The molecule has 0 saturated heterocycles. The zero-order valence-electron chi connectivity index (χ0n) is 8.98. The summed E-state index contributed by atoms with van der Waals surface area (Å²) in [5.41, 5.74) is 0.382. The molecule has 18 heavy (non-hydrogen) atoms. The van der Waals surface area contributed by atoms with Gasteiger partial charge < -0.3 is 25.2 Å². The molecule has 1 aromatic rings. The molecule has 0 aromatic heterocycles. The van der Waals surface area contributed by atoms with Crippen molar-refractivity contribution in [1.29, 1.82) is 0 Å². The number of hydrogen-bond donors (Lipinski definition) is 4. The van der Waals surface area contributed by atoms with Crippen LogP contribution in [0.2, 0.25) is 0 Å². The van der Waals surface area contributed by atoms with Crippen LogP contribution in [0.5, 0.6) is 11.5 Å². The number of esters is 1. The Hall–Kier alpha value is -2.54. The second-order valence-corrected chi connectivity index (χ2v) is 3.21. The van der Waals surface area contributed by atoms with Gasteiger partial charge in [-0.3, -0.25) is 0 Å². The molecule has 0 bridgehead atoms. The number of aromatic hydroxyl groups is 2. The number of carboxylic acids is 1. The first-order chi connectivity index (χ1) is 8.40. The quantitative estimate of drug-likeness (QED) is 0.259.